The third kappa shape index (κ3) is 7.07. The molecular formula is C18H14Cl4N4O4. The van der Waals surface area contributed by atoms with Crippen LogP contribution < -0.4 is 21.7 Å². The Balaban J connectivity index is 1.73. The van der Waals surface area contributed by atoms with Gasteiger partial charge in [0.25, 0.3) is 11.8 Å². The van der Waals surface area contributed by atoms with Gasteiger partial charge in [0, 0.05) is 22.9 Å². The molecule has 0 aliphatic rings. The van der Waals surface area contributed by atoms with E-state index in [2.05, 4.69) is 21.7 Å². The zero-order chi connectivity index (χ0) is 22.3. The molecule has 2 rings (SSSR count). The van der Waals surface area contributed by atoms with Crippen LogP contribution in [0.4, 0.5) is 0 Å². The Morgan fingerprint density at radius 1 is 0.600 bits per heavy atom. The molecule has 0 aliphatic heterocycles. The van der Waals surface area contributed by atoms with Crippen molar-refractivity contribution in [2.24, 2.45) is 0 Å². The number of halogens is 4. The molecule has 4 amide bonds. The van der Waals surface area contributed by atoms with Crippen molar-refractivity contribution in [2.45, 2.75) is 12.8 Å². The molecule has 0 spiro atoms. The molecule has 158 valence electrons. The summed E-state index contributed by atoms with van der Waals surface area (Å²) < 4.78 is 0. The average Bonchev–Trinajstić information content (AvgIpc) is 2.68. The Kier molecular flexibility index (Phi) is 8.73. The fourth-order valence-electron chi connectivity index (χ4n) is 2.09. The van der Waals surface area contributed by atoms with Crippen molar-refractivity contribution in [3.8, 4) is 0 Å². The van der Waals surface area contributed by atoms with Gasteiger partial charge in [-0.1, -0.05) is 46.4 Å². The lowest BCUT2D eigenvalue weighted by atomic mass is 10.2. The SMILES string of the molecule is O=C(CCC(=O)NNC(=O)c1ccc(Cl)cc1Cl)NNC(=O)c1ccc(Cl)cc1Cl. The summed E-state index contributed by atoms with van der Waals surface area (Å²) in [6.45, 7) is 0. The molecule has 4 N–H and O–H groups in total. The summed E-state index contributed by atoms with van der Waals surface area (Å²) in [6.07, 6.45) is -0.504. The molecule has 12 heteroatoms. The minimum Gasteiger partial charge on any atom is -0.273 e. The van der Waals surface area contributed by atoms with Crippen molar-refractivity contribution in [2.75, 3.05) is 0 Å². The van der Waals surface area contributed by atoms with Gasteiger partial charge in [0.05, 0.1) is 21.2 Å². The minimum atomic E-state index is -0.651. The largest absolute Gasteiger partial charge is 0.273 e. The lowest BCUT2D eigenvalue weighted by Gasteiger charge is -2.10. The quantitative estimate of drug-likeness (QED) is 0.480. The molecule has 0 aromatic heterocycles. The molecular weight excluding hydrogens is 478 g/mol. The maximum Gasteiger partial charge on any atom is 0.271 e. The molecule has 0 saturated carbocycles. The number of nitrogens with one attached hydrogen (secondary N) is 4. The van der Waals surface area contributed by atoms with Gasteiger partial charge in [0.1, 0.15) is 0 Å². The van der Waals surface area contributed by atoms with E-state index >= 15 is 0 Å². The fraction of sp³-hybridized carbons (Fsp3) is 0.111. The van der Waals surface area contributed by atoms with Gasteiger partial charge in [0.15, 0.2) is 0 Å². The van der Waals surface area contributed by atoms with E-state index in [0.29, 0.717) is 10.0 Å². The van der Waals surface area contributed by atoms with Crippen LogP contribution in [0.1, 0.15) is 33.6 Å². The molecule has 2 aromatic carbocycles. The van der Waals surface area contributed by atoms with E-state index in [1.807, 2.05) is 0 Å². The van der Waals surface area contributed by atoms with Gasteiger partial charge in [-0.05, 0) is 36.4 Å². The number of carbonyl (C=O) groups is 4. The Morgan fingerprint density at radius 3 is 1.30 bits per heavy atom. The Bertz CT molecular complexity index is 921. The first-order valence-corrected chi connectivity index (χ1v) is 9.77. The monoisotopic (exact) mass is 490 g/mol. The standard InChI is InChI=1S/C18H14Cl4N4O4/c19-9-1-3-11(13(21)7-9)17(29)25-23-15(27)5-6-16(28)24-26-18(30)12-4-2-10(20)8-14(12)22/h1-4,7-8H,5-6H2,(H,23,27)(H,24,28)(H,25,29)(H,26,30). The van der Waals surface area contributed by atoms with Crippen LogP contribution >= 0.6 is 46.4 Å². The van der Waals surface area contributed by atoms with Gasteiger partial charge in [0.2, 0.25) is 11.8 Å². The van der Waals surface area contributed by atoms with Crippen molar-refractivity contribution in [1.82, 2.24) is 21.7 Å². The van der Waals surface area contributed by atoms with Gasteiger partial charge in [-0.15, -0.1) is 0 Å². The third-order valence-corrected chi connectivity index (χ3v) is 4.66. The number of hydrazine groups is 2. The van der Waals surface area contributed by atoms with Crippen LogP contribution in [0.25, 0.3) is 0 Å². The van der Waals surface area contributed by atoms with Crippen molar-refractivity contribution >= 4 is 70.0 Å². The number of hydrogen-bond donors (Lipinski definition) is 4. The lowest BCUT2D eigenvalue weighted by molar-refractivity contribution is -0.127. The van der Waals surface area contributed by atoms with Crippen LogP contribution in [0.2, 0.25) is 20.1 Å². The molecule has 0 radical (unpaired) electrons. The van der Waals surface area contributed by atoms with Crippen molar-refractivity contribution in [1.29, 1.82) is 0 Å². The van der Waals surface area contributed by atoms with Crippen LogP contribution in [0.5, 0.6) is 0 Å². The first kappa shape index (κ1) is 23.8. The van der Waals surface area contributed by atoms with E-state index in [1.165, 1.54) is 36.4 Å². The molecule has 0 bridgehead atoms. The van der Waals surface area contributed by atoms with Crippen LogP contribution in [0.3, 0.4) is 0 Å². The summed E-state index contributed by atoms with van der Waals surface area (Å²) in [4.78, 5) is 47.5. The molecule has 30 heavy (non-hydrogen) atoms. The maximum absolute atomic E-state index is 12.0. The first-order chi connectivity index (χ1) is 14.2. The smallest absolute Gasteiger partial charge is 0.271 e. The Labute approximate surface area is 191 Å². The Hall–Kier alpha value is -2.52. The third-order valence-electron chi connectivity index (χ3n) is 3.56. The van der Waals surface area contributed by atoms with E-state index in [1.54, 1.807) is 0 Å². The van der Waals surface area contributed by atoms with Crippen molar-refractivity contribution in [3.05, 3.63) is 67.6 Å². The molecule has 0 unspecified atom stereocenters. The normalized spacial score (nSPS) is 10.1. The van der Waals surface area contributed by atoms with Gasteiger partial charge in [-0.3, -0.25) is 40.9 Å². The fourth-order valence-corrected chi connectivity index (χ4v) is 3.08. The molecule has 2 aromatic rings. The van der Waals surface area contributed by atoms with Gasteiger partial charge in [-0.25, -0.2) is 0 Å². The highest BCUT2D eigenvalue weighted by Gasteiger charge is 2.14. The van der Waals surface area contributed by atoms with E-state index in [9.17, 15) is 19.2 Å². The zero-order valence-corrected chi connectivity index (χ0v) is 18.0. The van der Waals surface area contributed by atoms with E-state index < -0.39 is 23.6 Å². The lowest BCUT2D eigenvalue weighted by Crippen LogP contribution is -2.44. The number of amides is 4. The molecule has 0 atom stereocenters. The van der Waals surface area contributed by atoms with Gasteiger partial charge in [-0.2, -0.15) is 0 Å². The van der Waals surface area contributed by atoms with Crippen LogP contribution in [-0.2, 0) is 9.59 Å². The van der Waals surface area contributed by atoms with Crippen LogP contribution in [0.15, 0.2) is 36.4 Å². The topological polar surface area (TPSA) is 116 Å². The summed E-state index contributed by atoms with van der Waals surface area (Å²) in [5.41, 5.74) is 8.88. The van der Waals surface area contributed by atoms with E-state index in [-0.39, 0.29) is 34.0 Å². The number of carbonyl (C=O) groups excluding carboxylic acids is 4. The maximum atomic E-state index is 12.0. The van der Waals surface area contributed by atoms with Crippen molar-refractivity contribution in [3.63, 3.8) is 0 Å². The Morgan fingerprint density at radius 2 is 0.967 bits per heavy atom. The molecule has 0 heterocycles. The molecule has 0 aliphatic carbocycles. The van der Waals surface area contributed by atoms with Gasteiger partial charge < -0.3 is 0 Å². The second-order valence-corrected chi connectivity index (χ2v) is 7.44. The highest BCUT2D eigenvalue weighted by Crippen LogP contribution is 2.21. The minimum absolute atomic E-state index is 0.114. The number of hydrogen-bond acceptors (Lipinski definition) is 4. The van der Waals surface area contributed by atoms with Crippen molar-refractivity contribution < 1.29 is 19.2 Å². The average molecular weight is 492 g/mol. The number of rotatable bonds is 5. The molecule has 0 saturated heterocycles. The summed E-state index contributed by atoms with van der Waals surface area (Å²) in [5.74, 6) is -2.56. The summed E-state index contributed by atoms with van der Waals surface area (Å²) in [7, 11) is 0. The number of benzene rings is 2. The van der Waals surface area contributed by atoms with E-state index in [0.717, 1.165) is 0 Å². The van der Waals surface area contributed by atoms with Crippen LogP contribution in [-0.4, -0.2) is 23.6 Å². The predicted octanol–water partition coefficient (Wildman–Crippen LogP) is 3.30. The highest BCUT2D eigenvalue weighted by molar-refractivity contribution is 6.37. The summed E-state index contributed by atoms with van der Waals surface area (Å²) in [5, 5.41) is 0.948. The zero-order valence-electron chi connectivity index (χ0n) is 15.0. The van der Waals surface area contributed by atoms with E-state index in [4.69, 9.17) is 46.4 Å². The first-order valence-electron chi connectivity index (χ1n) is 8.26. The highest BCUT2D eigenvalue weighted by atomic mass is 35.5. The summed E-state index contributed by atoms with van der Waals surface area (Å²) >= 11 is 23.3. The second-order valence-electron chi connectivity index (χ2n) is 5.75. The van der Waals surface area contributed by atoms with Crippen LogP contribution in [0, 0.1) is 0 Å². The molecule has 8 nitrogen and oxygen atoms in total. The summed E-state index contributed by atoms with van der Waals surface area (Å²) in [6, 6.07) is 8.51. The molecule has 0 fully saturated rings. The van der Waals surface area contributed by atoms with Gasteiger partial charge >= 0.3 is 0 Å². The predicted molar refractivity (Wildman–Crippen MR) is 113 cm³/mol. The second kappa shape index (κ2) is 11.0.